The standard InChI is InChI=1S/C22H32N8O7/c1-3-11(2)18(30-19(33)14(23)4-12-7-24-9-26-12)21(35)28-15(5-13-8-25-10-27-13)20(34)29-16(22(36)37)6-17(31)32/h7-11,14-16,18H,3-6,23H2,1-2H3,(H,24,26)(H,25,27)(H,28,35)(H,29,34)(H,30,33)(H,31,32)(H,36,37). The quantitative estimate of drug-likeness (QED) is 0.132. The molecule has 0 spiro atoms. The Morgan fingerprint density at radius 1 is 0.892 bits per heavy atom. The Balaban J connectivity index is 2.18. The van der Waals surface area contributed by atoms with Gasteiger partial charge in [0.05, 0.1) is 25.1 Å². The second kappa shape index (κ2) is 13.7. The van der Waals surface area contributed by atoms with Crippen LogP contribution in [0.15, 0.2) is 25.0 Å². The third-order valence-corrected chi connectivity index (χ3v) is 5.73. The number of hydrogen-bond donors (Lipinski definition) is 8. The lowest BCUT2D eigenvalue weighted by atomic mass is 9.97. The van der Waals surface area contributed by atoms with Crippen LogP contribution < -0.4 is 21.7 Å². The second-order valence-electron chi connectivity index (χ2n) is 8.60. The first-order valence-electron chi connectivity index (χ1n) is 11.6. The number of aromatic nitrogens is 4. The molecular weight excluding hydrogens is 488 g/mol. The van der Waals surface area contributed by atoms with Crippen LogP contribution in [0.25, 0.3) is 0 Å². The molecule has 0 saturated carbocycles. The normalized spacial score (nSPS) is 15.0. The number of nitrogens with one attached hydrogen (secondary N) is 5. The van der Waals surface area contributed by atoms with Crippen molar-refractivity contribution < 1.29 is 34.2 Å². The molecule has 2 rings (SSSR count). The maximum absolute atomic E-state index is 13.3. The van der Waals surface area contributed by atoms with Crippen molar-refractivity contribution >= 4 is 29.7 Å². The van der Waals surface area contributed by atoms with E-state index in [0.717, 1.165) is 0 Å². The van der Waals surface area contributed by atoms with Crippen molar-refractivity contribution in [2.45, 2.75) is 63.7 Å². The molecule has 0 radical (unpaired) electrons. The fourth-order valence-corrected chi connectivity index (χ4v) is 3.42. The topological polar surface area (TPSA) is 245 Å². The molecule has 15 heteroatoms. The fourth-order valence-electron chi connectivity index (χ4n) is 3.42. The van der Waals surface area contributed by atoms with Crippen LogP contribution in [-0.2, 0) is 36.8 Å². The smallest absolute Gasteiger partial charge is 0.326 e. The molecule has 2 heterocycles. The van der Waals surface area contributed by atoms with Crippen molar-refractivity contribution in [1.29, 1.82) is 0 Å². The summed E-state index contributed by atoms with van der Waals surface area (Å²) in [5.74, 6) is -5.51. The van der Waals surface area contributed by atoms with E-state index >= 15 is 0 Å². The summed E-state index contributed by atoms with van der Waals surface area (Å²) >= 11 is 0. The van der Waals surface area contributed by atoms with Gasteiger partial charge >= 0.3 is 11.9 Å². The number of carbonyl (C=O) groups is 5. The minimum Gasteiger partial charge on any atom is -0.481 e. The third kappa shape index (κ3) is 9.03. The summed E-state index contributed by atoms with van der Waals surface area (Å²) in [6.07, 6.45) is 5.46. The minimum absolute atomic E-state index is 0.0997. The molecule has 0 fully saturated rings. The number of nitrogens with zero attached hydrogens (tertiary/aromatic N) is 2. The number of hydrogen-bond acceptors (Lipinski definition) is 8. The van der Waals surface area contributed by atoms with Crippen molar-refractivity contribution in [3.05, 3.63) is 36.4 Å². The van der Waals surface area contributed by atoms with E-state index in [1.807, 2.05) is 6.92 Å². The van der Waals surface area contributed by atoms with E-state index in [-0.39, 0.29) is 18.8 Å². The maximum atomic E-state index is 13.3. The lowest BCUT2D eigenvalue weighted by Crippen LogP contribution is -2.59. The number of nitrogens with two attached hydrogens (primary N) is 1. The molecule has 0 bridgehead atoms. The van der Waals surface area contributed by atoms with E-state index in [4.69, 9.17) is 10.8 Å². The molecule has 9 N–H and O–H groups in total. The van der Waals surface area contributed by atoms with Crippen molar-refractivity contribution in [2.75, 3.05) is 0 Å². The maximum Gasteiger partial charge on any atom is 0.326 e. The Labute approximate surface area is 212 Å². The lowest BCUT2D eigenvalue weighted by molar-refractivity contribution is -0.147. The number of aromatic amines is 2. The van der Waals surface area contributed by atoms with Gasteiger partial charge in [-0.3, -0.25) is 19.2 Å². The summed E-state index contributed by atoms with van der Waals surface area (Å²) in [5.41, 5.74) is 7.08. The zero-order chi connectivity index (χ0) is 27.5. The Morgan fingerprint density at radius 3 is 1.95 bits per heavy atom. The monoisotopic (exact) mass is 520 g/mol. The summed E-state index contributed by atoms with van der Waals surface area (Å²) in [7, 11) is 0. The molecule has 2 aromatic rings. The van der Waals surface area contributed by atoms with Crippen LogP contribution in [0.3, 0.4) is 0 Å². The first-order chi connectivity index (χ1) is 17.5. The number of carboxylic acids is 2. The molecule has 202 valence electrons. The largest absolute Gasteiger partial charge is 0.481 e. The summed E-state index contributed by atoms with van der Waals surface area (Å²) in [5, 5.41) is 25.6. The zero-order valence-corrected chi connectivity index (χ0v) is 20.4. The molecular formula is C22H32N8O7. The average Bonchev–Trinajstić information content (AvgIpc) is 3.54. The number of imidazole rings is 2. The van der Waals surface area contributed by atoms with Gasteiger partial charge < -0.3 is 41.9 Å². The van der Waals surface area contributed by atoms with Crippen molar-refractivity contribution in [3.8, 4) is 0 Å². The molecule has 5 unspecified atom stereocenters. The Kier molecular flexibility index (Phi) is 10.7. The predicted octanol–water partition coefficient (Wildman–Crippen LogP) is -1.69. The van der Waals surface area contributed by atoms with E-state index in [2.05, 4.69) is 35.9 Å². The van der Waals surface area contributed by atoms with Gasteiger partial charge in [0.2, 0.25) is 17.7 Å². The lowest BCUT2D eigenvalue weighted by Gasteiger charge is -2.27. The number of H-pyrrole nitrogens is 2. The van der Waals surface area contributed by atoms with Crippen LogP contribution >= 0.6 is 0 Å². The Hall–Kier alpha value is -4.27. The van der Waals surface area contributed by atoms with Crippen LogP contribution in [0.5, 0.6) is 0 Å². The molecule has 3 amide bonds. The summed E-state index contributed by atoms with van der Waals surface area (Å²) in [6.45, 7) is 3.56. The SMILES string of the molecule is CCC(C)C(NC(=O)C(N)Cc1cnc[nH]1)C(=O)NC(Cc1cnc[nH]1)C(=O)NC(CC(=O)O)C(=O)O. The van der Waals surface area contributed by atoms with Gasteiger partial charge in [-0.1, -0.05) is 20.3 Å². The molecule has 0 saturated heterocycles. The van der Waals surface area contributed by atoms with Gasteiger partial charge in [-0.2, -0.15) is 0 Å². The summed E-state index contributed by atoms with van der Waals surface area (Å²) in [4.78, 5) is 74.7. The van der Waals surface area contributed by atoms with Gasteiger partial charge in [-0.25, -0.2) is 14.8 Å². The number of aliphatic carboxylic acids is 2. The minimum atomic E-state index is -1.71. The van der Waals surface area contributed by atoms with Crippen LogP contribution in [0.1, 0.15) is 38.1 Å². The molecule has 37 heavy (non-hydrogen) atoms. The van der Waals surface area contributed by atoms with E-state index in [1.54, 1.807) is 6.92 Å². The number of rotatable bonds is 15. The van der Waals surface area contributed by atoms with E-state index in [0.29, 0.717) is 17.8 Å². The average molecular weight is 521 g/mol. The summed E-state index contributed by atoms with van der Waals surface area (Å²) in [6, 6.07) is -5.05. The first kappa shape index (κ1) is 29.0. The Bertz CT molecular complexity index is 1060. The van der Waals surface area contributed by atoms with E-state index in [1.165, 1.54) is 25.0 Å². The first-order valence-corrected chi connectivity index (χ1v) is 11.6. The molecule has 2 aromatic heterocycles. The van der Waals surface area contributed by atoms with Gasteiger partial charge in [0.1, 0.15) is 18.1 Å². The van der Waals surface area contributed by atoms with Gasteiger partial charge in [0, 0.05) is 36.6 Å². The van der Waals surface area contributed by atoms with Crippen LogP contribution in [0, 0.1) is 5.92 Å². The second-order valence-corrected chi connectivity index (χ2v) is 8.60. The van der Waals surface area contributed by atoms with Gasteiger partial charge in [0.15, 0.2) is 0 Å². The summed E-state index contributed by atoms with van der Waals surface area (Å²) < 4.78 is 0. The fraction of sp³-hybridized carbons (Fsp3) is 0.500. The van der Waals surface area contributed by atoms with Gasteiger partial charge in [0.25, 0.3) is 0 Å². The molecule has 0 aromatic carbocycles. The van der Waals surface area contributed by atoms with Crippen LogP contribution in [0.4, 0.5) is 0 Å². The highest BCUT2D eigenvalue weighted by Gasteiger charge is 2.33. The highest BCUT2D eigenvalue weighted by Crippen LogP contribution is 2.10. The van der Waals surface area contributed by atoms with Crippen LogP contribution in [-0.4, -0.2) is 84.0 Å². The predicted molar refractivity (Wildman–Crippen MR) is 128 cm³/mol. The van der Waals surface area contributed by atoms with E-state index in [9.17, 15) is 29.1 Å². The third-order valence-electron chi connectivity index (χ3n) is 5.73. The number of carboxylic acid groups (broad SMARTS) is 2. The molecule has 0 aliphatic carbocycles. The molecule has 0 aliphatic heterocycles. The Morgan fingerprint density at radius 2 is 1.46 bits per heavy atom. The van der Waals surface area contributed by atoms with Gasteiger partial charge in [-0.05, 0) is 5.92 Å². The molecule has 0 aliphatic rings. The highest BCUT2D eigenvalue weighted by molar-refractivity contribution is 5.95. The molecule has 15 nitrogen and oxygen atoms in total. The molecule has 5 atom stereocenters. The van der Waals surface area contributed by atoms with Crippen LogP contribution in [0.2, 0.25) is 0 Å². The van der Waals surface area contributed by atoms with Crippen molar-refractivity contribution in [1.82, 2.24) is 35.9 Å². The number of carbonyl (C=O) groups excluding carboxylic acids is 3. The zero-order valence-electron chi connectivity index (χ0n) is 20.4. The van der Waals surface area contributed by atoms with Crippen molar-refractivity contribution in [3.63, 3.8) is 0 Å². The van der Waals surface area contributed by atoms with E-state index < -0.39 is 60.2 Å². The highest BCUT2D eigenvalue weighted by atomic mass is 16.4. The number of amides is 3. The van der Waals surface area contributed by atoms with Gasteiger partial charge in [-0.15, -0.1) is 0 Å². The van der Waals surface area contributed by atoms with Crippen molar-refractivity contribution in [2.24, 2.45) is 11.7 Å².